The van der Waals surface area contributed by atoms with Gasteiger partial charge in [0.15, 0.2) is 28.8 Å². The molecule has 9 nitrogen and oxygen atoms in total. The van der Waals surface area contributed by atoms with E-state index in [1.165, 1.54) is 0 Å². The molecule has 0 saturated carbocycles. The molecule has 0 unspecified atom stereocenters. The predicted octanol–water partition coefficient (Wildman–Crippen LogP) is 5.83. The second-order valence-corrected chi connectivity index (χ2v) is 11.3. The van der Waals surface area contributed by atoms with Crippen molar-refractivity contribution >= 4 is 22.2 Å². The van der Waals surface area contributed by atoms with Crippen LogP contribution in [0.5, 0.6) is 23.1 Å². The normalized spacial score (nSPS) is 17.8. The number of fused-ring (bicyclic) bond motifs is 4. The van der Waals surface area contributed by atoms with Gasteiger partial charge >= 0.3 is 0 Å². The molecule has 0 fully saturated rings. The van der Waals surface area contributed by atoms with E-state index in [9.17, 15) is 9.90 Å². The van der Waals surface area contributed by atoms with E-state index in [0.717, 1.165) is 10.9 Å². The Labute approximate surface area is 236 Å². The highest BCUT2D eigenvalue weighted by atomic mass is 16.5. The summed E-state index contributed by atoms with van der Waals surface area (Å²) in [6, 6.07) is 17.0. The third-order valence-electron chi connectivity index (χ3n) is 7.95. The zero-order chi connectivity index (χ0) is 28.5. The molecule has 1 atom stereocenters. The van der Waals surface area contributed by atoms with Crippen molar-refractivity contribution in [1.82, 2.24) is 19.6 Å². The summed E-state index contributed by atoms with van der Waals surface area (Å²) in [6.45, 7) is 4.13. The number of ether oxygens (including phenoxy) is 3. The van der Waals surface area contributed by atoms with Gasteiger partial charge in [-0.25, -0.2) is 14.5 Å². The Morgan fingerprint density at radius 2 is 1.83 bits per heavy atom. The fourth-order valence-electron chi connectivity index (χ4n) is 6.06. The van der Waals surface area contributed by atoms with Crippen LogP contribution in [0.1, 0.15) is 43.7 Å². The zero-order valence-corrected chi connectivity index (χ0v) is 23.1. The highest BCUT2D eigenvalue weighted by Crippen LogP contribution is 2.51. The fourth-order valence-corrected chi connectivity index (χ4v) is 6.06. The molecule has 41 heavy (non-hydrogen) atoms. The lowest BCUT2D eigenvalue weighted by molar-refractivity contribution is -0.118. The molecule has 0 bridgehead atoms. The molecule has 1 N–H and O–H groups in total. The van der Waals surface area contributed by atoms with Crippen LogP contribution in [0.3, 0.4) is 0 Å². The highest BCUT2D eigenvalue weighted by Gasteiger charge is 2.44. The summed E-state index contributed by atoms with van der Waals surface area (Å²) < 4.78 is 19.0. The van der Waals surface area contributed by atoms with Gasteiger partial charge in [-0.3, -0.25) is 4.79 Å². The SMILES string of the molecule is COc1ccc([C@@H]2C3=C(CC(C)(C)CC3=O)Oc3ncn4nc(-c5ccc6ccccc6c5O)nc4c32)cc1OC. The number of allylic oxidation sites excluding steroid dienone is 2. The van der Waals surface area contributed by atoms with Gasteiger partial charge in [0, 0.05) is 23.8 Å². The molecule has 0 radical (unpaired) electrons. The van der Waals surface area contributed by atoms with Gasteiger partial charge in [0.25, 0.3) is 0 Å². The molecule has 0 amide bonds. The van der Waals surface area contributed by atoms with Crippen LogP contribution in [0.2, 0.25) is 0 Å². The molecular formula is C32H28N4O5. The number of Topliss-reactive ketones (excluding diaryl/α,β-unsaturated/α-hetero) is 1. The summed E-state index contributed by atoms with van der Waals surface area (Å²) in [7, 11) is 3.17. The molecule has 1 aliphatic carbocycles. The Morgan fingerprint density at radius 3 is 2.63 bits per heavy atom. The highest BCUT2D eigenvalue weighted by molar-refractivity contribution is 6.00. The standard InChI is InChI=1S/C32H28N4O5/c1-32(2)14-21(37)26-24(15-32)41-31-27(25(26)18-10-12-22(39-3)23(13-18)40-4)30-34-29(35-36(30)16-33-31)20-11-9-17-7-5-6-8-19(17)28(20)38/h5-13,16,25,38H,14-15H2,1-4H3/t25-/m1/s1. The molecule has 0 spiro atoms. The number of methoxy groups -OCH3 is 2. The summed E-state index contributed by atoms with van der Waals surface area (Å²) in [5.41, 5.74) is 2.79. The molecule has 1 aliphatic heterocycles. The Bertz CT molecular complexity index is 1920. The van der Waals surface area contributed by atoms with E-state index in [0.29, 0.717) is 69.5 Å². The first-order chi connectivity index (χ1) is 19.8. The molecule has 3 heterocycles. The molecule has 5 aromatic rings. The van der Waals surface area contributed by atoms with Crippen LogP contribution in [0.25, 0.3) is 27.8 Å². The number of hydrogen-bond donors (Lipinski definition) is 1. The van der Waals surface area contributed by atoms with Crippen LogP contribution in [0, 0.1) is 5.41 Å². The van der Waals surface area contributed by atoms with Gasteiger partial charge in [0.1, 0.15) is 17.8 Å². The predicted molar refractivity (Wildman–Crippen MR) is 152 cm³/mol. The van der Waals surface area contributed by atoms with Crippen molar-refractivity contribution in [1.29, 1.82) is 0 Å². The number of aromatic nitrogens is 4. The molecule has 206 valence electrons. The van der Waals surface area contributed by atoms with Crippen molar-refractivity contribution in [3.8, 4) is 34.5 Å². The maximum absolute atomic E-state index is 13.8. The van der Waals surface area contributed by atoms with E-state index >= 15 is 0 Å². The number of carbonyl (C=O) groups is 1. The maximum atomic E-state index is 13.8. The lowest BCUT2D eigenvalue weighted by Crippen LogP contribution is -2.33. The van der Waals surface area contributed by atoms with Crippen LogP contribution in [-0.4, -0.2) is 44.7 Å². The smallest absolute Gasteiger partial charge is 0.228 e. The van der Waals surface area contributed by atoms with Gasteiger partial charge in [0.05, 0.1) is 31.3 Å². The number of phenols is 1. The van der Waals surface area contributed by atoms with Crippen LogP contribution in [0.4, 0.5) is 0 Å². The third-order valence-corrected chi connectivity index (χ3v) is 7.95. The fraction of sp³-hybridized carbons (Fsp3) is 0.250. The second kappa shape index (κ2) is 9.05. The van der Waals surface area contributed by atoms with E-state index in [1.54, 1.807) is 25.1 Å². The first kappa shape index (κ1) is 25.1. The second-order valence-electron chi connectivity index (χ2n) is 11.3. The molecule has 2 aliphatic rings. The number of nitrogens with zero attached hydrogens (tertiary/aromatic N) is 4. The van der Waals surface area contributed by atoms with Crippen LogP contribution >= 0.6 is 0 Å². The van der Waals surface area contributed by atoms with Gasteiger partial charge in [0.2, 0.25) is 5.88 Å². The summed E-state index contributed by atoms with van der Waals surface area (Å²) in [4.78, 5) is 23.3. The number of carbonyl (C=O) groups excluding carboxylic acids is 1. The van der Waals surface area contributed by atoms with E-state index in [4.69, 9.17) is 19.2 Å². The molecule has 2 aromatic heterocycles. The van der Waals surface area contributed by atoms with E-state index in [-0.39, 0.29) is 16.9 Å². The summed E-state index contributed by atoms with van der Waals surface area (Å²) in [5, 5.41) is 17.4. The Morgan fingerprint density at radius 1 is 1.02 bits per heavy atom. The Kier molecular flexibility index (Phi) is 5.54. The average Bonchev–Trinajstić information content (AvgIpc) is 3.39. The minimum Gasteiger partial charge on any atom is -0.507 e. The largest absolute Gasteiger partial charge is 0.507 e. The first-order valence-corrected chi connectivity index (χ1v) is 13.4. The zero-order valence-electron chi connectivity index (χ0n) is 23.1. The monoisotopic (exact) mass is 548 g/mol. The van der Waals surface area contributed by atoms with E-state index < -0.39 is 5.92 Å². The number of phenolic OH excluding ortho intramolecular Hbond substituents is 1. The average molecular weight is 549 g/mol. The topological polar surface area (TPSA) is 108 Å². The van der Waals surface area contributed by atoms with Crippen molar-refractivity contribution in [3.05, 3.63) is 83.4 Å². The molecule has 7 rings (SSSR count). The van der Waals surface area contributed by atoms with Crippen molar-refractivity contribution in [2.75, 3.05) is 14.2 Å². The maximum Gasteiger partial charge on any atom is 0.228 e. The van der Waals surface area contributed by atoms with Crippen LogP contribution < -0.4 is 14.2 Å². The summed E-state index contributed by atoms with van der Waals surface area (Å²) in [6.07, 6.45) is 2.55. The quantitative estimate of drug-likeness (QED) is 0.299. The van der Waals surface area contributed by atoms with Gasteiger partial charge in [-0.15, -0.1) is 5.10 Å². The number of hydrogen-bond acceptors (Lipinski definition) is 8. The minimum absolute atomic E-state index is 0.0237. The third kappa shape index (κ3) is 3.91. The Balaban J connectivity index is 1.47. The van der Waals surface area contributed by atoms with Crippen LogP contribution in [-0.2, 0) is 4.79 Å². The number of benzene rings is 3. The van der Waals surface area contributed by atoms with Gasteiger partial charge < -0.3 is 19.3 Å². The lowest BCUT2D eigenvalue weighted by atomic mass is 9.70. The molecule has 0 saturated heterocycles. The van der Waals surface area contributed by atoms with Gasteiger partial charge in [-0.1, -0.05) is 50.2 Å². The number of aromatic hydroxyl groups is 1. The van der Waals surface area contributed by atoms with E-state index in [1.807, 2.05) is 54.6 Å². The first-order valence-electron chi connectivity index (χ1n) is 13.4. The van der Waals surface area contributed by atoms with Gasteiger partial charge in [-0.05, 0) is 34.6 Å². The minimum atomic E-state index is -0.518. The summed E-state index contributed by atoms with van der Waals surface area (Å²) >= 11 is 0. The van der Waals surface area contributed by atoms with Gasteiger partial charge in [-0.2, -0.15) is 0 Å². The van der Waals surface area contributed by atoms with Crippen molar-refractivity contribution < 1.29 is 24.1 Å². The van der Waals surface area contributed by atoms with Crippen molar-refractivity contribution in [2.45, 2.75) is 32.6 Å². The number of ketones is 1. The lowest BCUT2D eigenvalue weighted by Gasteiger charge is -2.37. The number of rotatable bonds is 4. The molecular weight excluding hydrogens is 520 g/mol. The molecule has 9 heteroatoms. The van der Waals surface area contributed by atoms with Crippen LogP contribution in [0.15, 0.2) is 72.3 Å². The molecule has 3 aromatic carbocycles. The van der Waals surface area contributed by atoms with Crippen molar-refractivity contribution in [2.24, 2.45) is 5.41 Å². The summed E-state index contributed by atoms with van der Waals surface area (Å²) in [5.74, 6) is 2.08. The van der Waals surface area contributed by atoms with E-state index in [2.05, 4.69) is 23.9 Å². The Hall–Kier alpha value is -4.92. The van der Waals surface area contributed by atoms with Crippen molar-refractivity contribution in [3.63, 3.8) is 0 Å².